The average Bonchev–Trinajstić information content (AvgIpc) is 2.58. The third kappa shape index (κ3) is 4.72. The number of nitrogens with zero attached hydrogens (tertiary/aromatic N) is 4. The first-order valence-electron chi connectivity index (χ1n) is 7.80. The molecule has 9 heteroatoms. The molecule has 2 rings (SSSR count). The minimum atomic E-state index is -4.39. The summed E-state index contributed by atoms with van der Waals surface area (Å²) in [7, 11) is 1.48. The molecule has 0 radical (unpaired) electrons. The molecule has 1 unspecified atom stereocenters. The van der Waals surface area contributed by atoms with Gasteiger partial charge in [0.2, 0.25) is 11.8 Å². The molecule has 1 aromatic heterocycles. The minimum absolute atomic E-state index is 0.0355. The van der Waals surface area contributed by atoms with Gasteiger partial charge in [0.15, 0.2) is 5.82 Å². The Bertz CT molecular complexity index is 568. The van der Waals surface area contributed by atoms with Gasteiger partial charge in [0, 0.05) is 19.6 Å². The molecule has 1 aromatic rings. The largest absolute Gasteiger partial charge is 0.480 e. The van der Waals surface area contributed by atoms with Crippen LogP contribution in [0, 0.1) is 5.92 Å². The molecule has 0 aliphatic carbocycles. The Morgan fingerprint density at radius 2 is 2.21 bits per heavy atom. The summed E-state index contributed by atoms with van der Waals surface area (Å²) in [5.74, 6) is -0.0247. The van der Waals surface area contributed by atoms with Crippen LogP contribution >= 0.6 is 0 Å². The topological polar surface area (TPSA) is 58.6 Å². The lowest BCUT2D eigenvalue weighted by molar-refractivity contribution is -0.163. The molecule has 24 heavy (non-hydrogen) atoms. The highest BCUT2D eigenvalue weighted by molar-refractivity contribution is 5.79. The molecule has 2 heterocycles. The zero-order valence-electron chi connectivity index (χ0n) is 13.7. The van der Waals surface area contributed by atoms with E-state index in [-0.39, 0.29) is 6.54 Å². The number of alkyl halides is 3. The quantitative estimate of drug-likeness (QED) is 0.817. The summed E-state index contributed by atoms with van der Waals surface area (Å²) >= 11 is 0. The maximum Gasteiger partial charge on any atom is 0.406 e. The molecule has 0 saturated carbocycles. The average molecular weight is 346 g/mol. The molecule has 0 N–H and O–H groups in total. The van der Waals surface area contributed by atoms with Gasteiger partial charge in [-0.05, 0) is 19.8 Å². The van der Waals surface area contributed by atoms with Crippen molar-refractivity contribution in [2.75, 3.05) is 38.2 Å². The van der Waals surface area contributed by atoms with Crippen LogP contribution < -0.4 is 9.64 Å². The van der Waals surface area contributed by atoms with Gasteiger partial charge in [-0.1, -0.05) is 0 Å². The normalized spacial score (nSPS) is 18.4. The summed E-state index contributed by atoms with van der Waals surface area (Å²) in [6.07, 6.45) is -0.0842. The molecular formula is C15H21F3N4O2. The van der Waals surface area contributed by atoms with E-state index in [2.05, 4.69) is 9.97 Å². The van der Waals surface area contributed by atoms with Crippen LogP contribution in [0.1, 0.15) is 19.8 Å². The SMILES string of the molecule is CCN(CC(F)(F)F)C(=O)C1CCCN(c2cncc(OC)n2)C1. The number of halogens is 3. The first-order chi connectivity index (χ1) is 11.3. The molecule has 1 aliphatic rings. The molecule has 6 nitrogen and oxygen atoms in total. The van der Waals surface area contributed by atoms with Crippen molar-refractivity contribution < 1.29 is 22.7 Å². The molecular weight excluding hydrogens is 325 g/mol. The Hall–Kier alpha value is -2.06. The van der Waals surface area contributed by atoms with Gasteiger partial charge in [-0.15, -0.1) is 0 Å². The van der Waals surface area contributed by atoms with Crippen LogP contribution in [-0.4, -0.2) is 60.2 Å². The van der Waals surface area contributed by atoms with Crippen LogP contribution in [0.4, 0.5) is 19.0 Å². The second-order valence-corrected chi connectivity index (χ2v) is 5.67. The van der Waals surface area contributed by atoms with Crippen molar-refractivity contribution in [3.05, 3.63) is 12.4 Å². The number of carbonyl (C=O) groups excluding carboxylic acids is 1. The Morgan fingerprint density at radius 3 is 2.83 bits per heavy atom. The number of aromatic nitrogens is 2. The number of hydrogen-bond acceptors (Lipinski definition) is 5. The molecule has 0 bridgehead atoms. The summed E-state index contributed by atoms with van der Waals surface area (Å²) in [5.41, 5.74) is 0. The third-order valence-electron chi connectivity index (χ3n) is 3.97. The van der Waals surface area contributed by atoms with E-state index in [9.17, 15) is 18.0 Å². The van der Waals surface area contributed by atoms with E-state index >= 15 is 0 Å². The van der Waals surface area contributed by atoms with E-state index in [1.165, 1.54) is 13.3 Å². The van der Waals surface area contributed by atoms with Crippen LogP contribution in [0.25, 0.3) is 0 Å². The highest BCUT2D eigenvalue weighted by Gasteiger charge is 2.36. The Morgan fingerprint density at radius 1 is 1.46 bits per heavy atom. The summed E-state index contributed by atoms with van der Waals surface area (Å²) in [5, 5.41) is 0. The maximum atomic E-state index is 12.6. The van der Waals surface area contributed by atoms with Gasteiger partial charge in [0.05, 0.1) is 25.4 Å². The fourth-order valence-electron chi connectivity index (χ4n) is 2.80. The molecule has 0 aromatic carbocycles. The second-order valence-electron chi connectivity index (χ2n) is 5.67. The predicted octanol–water partition coefficient (Wildman–Crippen LogP) is 2.11. The van der Waals surface area contributed by atoms with Crippen LogP contribution in [0.2, 0.25) is 0 Å². The van der Waals surface area contributed by atoms with Gasteiger partial charge in [0.25, 0.3) is 0 Å². The lowest BCUT2D eigenvalue weighted by Gasteiger charge is -2.35. The Labute approximate surface area is 138 Å². The van der Waals surface area contributed by atoms with Crippen molar-refractivity contribution in [3.8, 4) is 5.88 Å². The third-order valence-corrected chi connectivity index (χ3v) is 3.97. The van der Waals surface area contributed by atoms with Crippen molar-refractivity contribution in [2.24, 2.45) is 5.92 Å². The fraction of sp³-hybridized carbons (Fsp3) is 0.667. The second kappa shape index (κ2) is 7.67. The monoisotopic (exact) mass is 346 g/mol. The standard InChI is InChI=1S/C15H21F3N4O2/c1-3-21(10-15(16,17)18)14(23)11-5-4-6-22(9-11)12-7-19-8-13(20-12)24-2/h7-8,11H,3-6,9-10H2,1-2H3. The van der Waals surface area contributed by atoms with Crippen molar-refractivity contribution in [1.82, 2.24) is 14.9 Å². The van der Waals surface area contributed by atoms with Crippen molar-refractivity contribution in [3.63, 3.8) is 0 Å². The molecule has 1 aliphatic heterocycles. The zero-order valence-corrected chi connectivity index (χ0v) is 13.7. The summed E-state index contributed by atoms with van der Waals surface area (Å²) in [6, 6.07) is 0. The molecule has 1 amide bonds. The predicted molar refractivity (Wildman–Crippen MR) is 81.8 cm³/mol. The Balaban J connectivity index is 2.07. The molecule has 1 atom stereocenters. The lowest BCUT2D eigenvalue weighted by atomic mass is 9.96. The maximum absolute atomic E-state index is 12.6. The van der Waals surface area contributed by atoms with Gasteiger partial charge < -0.3 is 14.5 Å². The number of carbonyl (C=O) groups is 1. The Kier molecular flexibility index (Phi) is 5.84. The molecule has 1 saturated heterocycles. The van der Waals surface area contributed by atoms with E-state index in [1.807, 2.05) is 4.90 Å². The van der Waals surface area contributed by atoms with Gasteiger partial charge >= 0.3 is 6.18 Å². The van der Waals surface area contributed by atoms with Gasteiger partial charge in [-0.25, -0.2) is 0 Å². The number of piperidine rings is 1. The minimum Gasteiger partial charge on any atom is -0.480 e. The molecule has 134 valence electrons. The summed E-state index contributed by atoms with van der Waals surface area (Å²) in [4.78, 5) is 23.5. The lowest BCUT2D eigenvalue weighted by Crippen LogP contribution is -2.47. The fourth-order valence-corrected chi connectivity index (χ4v) is 2.80. The van der Waals surface area contributed by atoms with Gasteiger partial charge in [-0.3, -0.25) is 9.78 Å². The first-order valence-corrected chi connectivity index (χ1v) is 7.80. The van der Waals surface area contributed by atoms with Crippen molar-refractivity contribution >= 4 is 11.7 Å². The van der Waals surface area contributed by atoms with E-state index in [4.69, 9.17) is 4.74 Å². The smallest absolute Gasteiger partial charge is 0.406 e. The molecule has 0 spiro atoms. The number of methoxy groups -OCH3 is 1. The number of anilines is 1. The summed E-state index contributed by atoms with van der Waals surface area (Å²) in [6.45, 7) is 1.38. The first kappa shape index (κ1) is 18.3. The highest BCUT2D eigenvalue weighted by atomic mass is 19.4. The van der Waals surface area contributed by atoms with Crippen LogP contribution in [0.5, 0.6) is 5.88 Å². The van der Waals surface area contributed by atoms with Crippen molar-refractivity contribution in [1.29, 1.82) is 0 Å². The summed E-state index contributed by atoms with van der Waals surface area (Å²) < 4.78 is 42.9. The van der Waals surface area contributed by atoms with E-state index in [1.54, 1.807) is 13.1 Å². The van der Waals surface area contributed by atoms with Crippen LogP contribution in [-0.2, 0) is 4.79 Å². The van der Waals surface area contributed by atoms with E-state index in [0.29, 0.717) is 37.6 Å². The zero-order chi connectivity index (χ0) is 17.7. The van der Waals surface area contributed by atoms with Crippen LogP contribution in [0.15, 0.2) is 12.4 Å². The number of ether oxygens (including phenoxy) is 1. The van der Waals surface area contributed by atoms with Gasteiger partial charge in [0.1, 0.15) is 6.54 Å². The highest BCUT2D eigenvalue weighted by Crippen LogP contribution is 2.25. The number of amides is 1. The molecule has 1 fully saturated rings. The number of hydrogen-bond donors (Lipinski definition) is 0. The van der Waals surface area contributed by atoms with Crippen LogP contribution in [0.3, 0.4) is 0 Å². The van der Waals surface area contributed by atoms with E-state index in [0.717, 1.165) is 4.90 Å². The van der Waals surface area contributed by atoms with Gasteiger partial charge in [-0.2, -0.15) is 18.2 Å². The number of rotatable bonds is 5. The van der Waals surface area contributed by atoms with Crippen molar-refractivity contribution in [2.45, 2.75) is 25.9 Å². The van der Waals surface area contributed by atoms with E-state index < -0.39 is 24.5 Å².